The molecule has 0 saturated carbocycles. The first-order valence-electron chi connectivity index (χ1n) is 4.93. The number of aromatic nitrogens is 2. The van der Waals surface area contributed by atoms with E-state index >= 15 is 0 Å². The number of rotatable bonds is 3. The number of hydrogen-bond acceptors (Lipinski definition) is 5. The Balaban J connectivity index is 2.13. The summed E-state index contributed by atoms with van der Waals surface area (Å²) in [6.07, 6.45) is 1.67. The van der Waals surface area contributed by atoms with Crippen molar-refractivity contribution in [3.8, 4) is 5.88 Å². The average molecular weight is 210 g/mol. The smallest absolute Gasteiger partial charge is 0.216 e. The van der Waals surface area contributed by atoms with E-state index in [-0.39, 0.29) is 5.92 Å². The van der Waals surface area contributed by atoms with Crippen molar-refractivity contribution < 1.29 is 14.6 Å². The Morgan fingerprint density at radius 1 is 1.60 bits per heavy atom. The monoisotopic (exact) mass is 210 g/mol. The van der Waals surface area contributed by atoms with Gasteiger partial charge in [-0.3, -0.25) is 0 Å². The van der Waals surface area contributed by atoms with Crippen LogP contribution in [0, 0.1) is 5.92 Å². The molecule has 2 atom stereocenters. The Kier molecular flexibility index (Phi) is 3.13. The highest BCUT2D eigenvalue weighted by molar-refractivity contribution is 5.16. The van der Waals surface area contributed by atoms with Gasteiger partial charge in [0.15, 0.2) is 0 Å². The van der Waals surface area contributed by atoms with Crippen molar-refractivity contribution in [2.45, 2.75) is 12.5 Å². The molecule has 1 aliphatic heterocycles. The van der Waals surface area contributed by atoms with Crippen molar-refractivity contribution >= 4 is 0 Å². The molecule has 1 saturated heterocycles. The van der Waals surface area contributed by atoms with E-state index in [0.717, 1.165) is 6.42 Å². The van der Waals surface area contributed by atoms with Crippen molar-refractivity contribution in [3.05, 3.63) is 18.1 Å². The molecule has 15 heavy (non-hydrogen) atoms. The van der Waals surface area contributed by atoms with Crippen LogP contribution in [0.25, 0.3) is 0 Å². The fourth-order valence-electron chi connectivity index (χ4n) is 1.67. The van der Waals surface area contributed by atoms with Crippen LogP contribution in [0.4, 0.5) is 0 Å². The minimum Gasteiger partial charge on any atom is -0.481 e. The third-order valence-electron chi connectivity index (χ3n) is 2.59. The van der Waals surface area contributed by atoms with Crippen molar-refractivity contribution in [3.63, 3.8) is 0 Å². The van der Waals surface area contributed by atoms with Crippen LogP contribution in [-0.4, -0.2) is 35.4 Å². The van der Waals surface area contributed by atoms with Gasteiger partial charge in [-0.25, -0.2) is 9.97 Å². The van der Waals surface area contributed by atoms with E-state index in [0.29, 0.717) is 24.8 Å². The molecule has 0 aromatic carbocycles. The molecule has 0 amide bonds. The first kappa shape index (κ1) is 10.3. The summed E-state index contributed by atoms with van der Waals surface area (Å²) in [6.45, 7) is 1.30. The lowest BCUT2D eigenvalue weighted by Crippen LogP contribution is -2.14. The third-order valence-corrected chi connectivity index (χ3v) is 2.59. The van der Waals surface area contributed by atoms with Crippen LogP contribution in [0.1, 0.15) is 18.2 Å². The highest BCUT2D eigenvalue weighted by atomic mass is 16.5. The van der Waals surface area contributed by atoms with Crippen molar-refractivity contribution in [1.82, 2.24) is 9.97 Å². The summed E-state index contributed by atoms with van der Waals surface area (Å²) in [6, 6.07) is 1.66. The minimum atomic E-state index is -0.593. The van der Waals surface area contributed by atoms with E-state index < -0.39 is 6.10 Å². The minimum absolute atomic E-state index is 0.129. The van der Waals surface area contributed by atoms with Crippen molar-refractivity contribution in [2.24, 2.45) is 5.92 Å². The third kappa shape index (κ3) is 2.24. The van der Waals surface area contributed by atoms with Crippen LogP contribution in [-0.2, 0) is 4.74 Å². The van der Waals surface area contributed by atoms with Crippen molar-refractivity contribution in [2.75, 3.05) is 20.3 Å². The van der Waals surface area contributed by atoms with Gasteiger partial charge in [-0.1, -0.05) is 0 Å². The van der Waals surface area contributed by atoms with E-state index in [1.807, 2.05) is 0 Å². The van der Waals surface area contributed by atoms with Crippen LogP contribution >= 0.6 is 0 Å². The molecule has 0 bridgehead atoms. The van der Waals surface area contributed by atoms with Crippen LogP contribution in [0.2, 0.25) is 0 Å². The maximum Gasteiger partial charge on any atom is 0.216 e. The zero-order valence-electron chi connectivity index (χ0n) is 8.59. The van der Waals surface area contributed by atoms with E-state index in [4.69, 9.17) is 9.47 Å². The molecule has 2 rings (SSSR count). The van der Waals surface area contributed by atoms with Crippen LogP contribution in [0.3, 0.4) is 0 Å². The summed E-state index contributed by atoms with van der Waals surface area (Å²) in [7, 11) is 1.54. The number of aliphatic hydroxyl groups is 1. The Bertz CT molecular complexity index is 326. The van der Waals surface area contributed by atoms with E-state index in [1.165, 1.54) is 13.4 Å². The molecule has 0 radical (unpaired) electrons. The normalized spacial score (nSPS) is 22.7. The molecule has 2 heterocycles. The average Bonchev–Trinajstić information content (AvgIpc) is 2.81. The van der Waals surface area contributed by atoms with Crippen LogP contribution in [0.15, 0.2) is 12.4 Å². The van der Waals surface area contributed by atoms with Crippen molar-refractivity contribution in [1.29, 1.82) is 0 Å². The molecular formula is C10H14N2O3. The fourth-order valence-corrected chi connectivity index (χ4v) is 1.67. The molecule has 82 valence electrons. The van der Waals surface area contributed by atoms with Gasteiger partial charge in [-0.15, -0.1) is 0 Å². The highest BCUT2D eigenvalue weighted by Gasteiger charge is 2.26. The molecule has 1 aromatic heterocycles. The Morgan fingerprint density at radius 3 is 3.13 bits per heavy atom. The second-order valence-electron chi connectivity index (χ2n) is 3.55. The zero-order chi connectivity index (χ0) is 10.7. The molecule has 0 aliphatic carbocycles. The summed E-state index contributed by atoms with van der Waals surface area (Å²) in [5.41, 5.74) is 0.595. The molecule has 1 N–H and O–H groups in total. The van der Waals surface area contributed by atoms with Gasteiger partial charge in [-0.05, 0) is 6.42 Å². The molecule has 0 spiro atoms. The Morgan fingerprint density at radius 2 is 2.47 bits per heavy atom. The highest BCUT2D eigenvalue weighted by Crippen LogP contribution is 2.28. The molecule has 5 nitrogen and oxygen atoms in total. The van der Waals surface area contributed by atoms with Gasteiger partial charge in [0.05, 0.1) is 19.4 Å². The first-order chi connectivity index (χ1) is 7.31. The summed E-state index contributed by atoms with van der Waals surface area (Å²) in [5, 5.41) is 10.0. The summed E-state index contributed by atoms with van der Waals surface area (Å²) in [5.74, 6) is 0.600. The summed E-state index contributed by atoms with van der Waals surface area (Å²) >= 11 is 0. The zero-order valence-corrected chi connectivity index (χ0v) is 8.59. The molecule has 5 heteroatoms. The molecule has 1 fully saturated rings. The SMILES string of the molecule is COc1cc(C(O)C2CCOC2)ncn1. The molecule has 2 unspecified atom stereocenters. The predicted octanol–water partition coefficient (Wildman–Crippen LogP) is 0.555. The lowest BCUT2D eigenvalue weighted by molar-refractivity contribution is 0.0881. The molecular weight excluding hydrogens is 196 g/mol. The lowest BCUT2D eigenvalue weighted by Gasteiger charge is -2.15. The fraction of sp³-hybridized carbons (Fsp3) is 0.600. The number of ether oxygens (including phenoxy) is 2. The maximum absolute atomic E-state index is 10.0. The number of nitrogens with zero attached hydrogens (tertiary/aromatic N) is 2. The quantitative estimate of drug-likeness (QED) is 0.789. The first-order valence-corrected chi connectivity index (χ1v) is 4.93. The standard InChI is InChI=1S/C10H14N2O3/c1-14-9-4-8(11-6-12-9)10(13)7-2-3-15-5-7/h4,6-7,10,13H,2-3,5H2,1H3. The Hall–Kier alpha value is -1.20. The Labute approximate surface area is 88.1 Å². The van der Waals surface area contributed by atoms with Crippen LogP contribution in [0.5, 0.6) is 5.88 Å². The summed E-state index contributed by atoms with van der Waals surface area (Å²) < 4.78 is 10.2. The molecule has 1 aliphatic rings. The van der Waals surface area contributed by atoms with Gasteiger partial charge in [0.2, 0.25) is 5.88 Å². The number of methoxy groups -OCH3 is 1. The van der Waals surface area contributed by atoms with Gasteiger partial charge in [0, 0.05) is 18.6 Å². The maximum atomic E-state index is 10.0. The van der Waals surface area contributed by atoms with Gasteiger partial charge in [-0.2, -0.15) is 0 Å². The van der Waals surface area contributed by atoms with Gasteiger partial charge < -0.3 is 14.6 Å². The summed E-state index contributed by atoms with van der Waals surface area (Å²) in [4.78, 5) is 7.93. The molecule has 1 aromatic rings. The van der Waals surface area contributed by atoms with E-state index in [1.54, 1.807) is 6.07 Å². The van der Waals surface area contributed by atoms with E-state index in [9.17, 15) is 5.11 Å². The second-order valence-corrected chi connectivity index (χ2v) is 3.55. The number of aliphatic hydroxyl groups excluding tert-OH is 1. The topological polar surface area (TPSA) is 64.5 Å². The van der Waals surface area contributed by atoms with Crippen LogP contribution < -0.4 is 4.74 Å². The van der Waals surface area contributed by atoms with Gasteiger partial charge in [0.25, 0.3) is 0 Å². The van der Waals surface area contributed by atoms with Gasteiger partial charge >= 0.3 is 0 Å². The van der Waals surface area contributed by atoms with Gasteiger partial charge in [0.1, 0.15) is 12.4 Å². The van der Waals surface area contributed by atoms with E-state index in [2.05, 4.69) is 9.97 Å². The predicted molar refractivity (Wildman–Crippen MR) is 52.5 cm³/mol. The second kappa shape index (κ2) is 4.55. The largest absolute Gasteiger partial charge is 0.481 e. The lowest BCUT2D eigenvalue weighted by atomic mass is 9.99. The number of hydrogen-bond donors (Lipinski definition) is 1.